The highest BCUT2D eigenvalue weighted by atomic mass is 32.2. The fraction of sp³-hybridized carbons (Fsp3) is 0.632. The summed E-state index contributed by atoms with van der Waals surface area (Å²) in [4.78, 5) is 12.8. The Morgan fingerprint density at radius 3 is 2.54 bits per heavy atom. The Morgan fingerprint density at radius 1 is 1.31 bits per heavy atom. The Hall–Kier alpha value is -1.44. The summed E-state index contributed by atoms with van der Waals surface area (Å²) in [7, 11) is -3.62. The molecule has 0 spiro atoms. The van der Waals surface area contributed by atoms with Crippen molar-refractivity contribution in [1.82, 2.24) is 10.0 Å². The van der Waals surface area contributed by atoms with E-state index in [2.05, 4.69) is 23.9 Å². The molecule has 1 aromatic rings. The molecule has 1 unspecified atom stereocenters. The monoisotopic (exact) mass is 381 g/mol. The zero-order valence-electron chi connectivity index (χ0n) is 15.9. The molecule has 1 saturated carbocycles. The van der Waals surface area contributed by atoms with Crippen LogP contribution in [0.1, 0.15) is 63.2 Å². The largest absolute Gasteiger partial charge is 0.346 e. The van der Waals surface area contributed by atoms with Gasteiger partial charge < -0.3 is 11.1 Å². The number of amides is 1. The summed E-state index contributed by atoms with van der Waals surface area (Å²) < 4.78 is 27.9. The van der Waals surface area contributed by atoms with E-state index in [-0.39, 0.29) is 16.8 Å². The molecule has 1 fully saturated rings. The molecule has 1 atom stereocenters. The third-order valence-corrected chi connectivity index (χ3v) is 6.33. The van der Waals surface area contributed by atoms with Gasteiger partial charge in [-0.2, -0.15) is 0 Å². The maximum atomic E-state index is 12.6. The van der Waals surface area contributed by atoms with Gasteiger partial charge >= 0.3 is 0 Å². The van der Waals surface area contributed by atoms with Gasteiger partial charge in [-0.15, -0.1) is 0 Å². The van der Waals surface area contributed by atoms with Crippen LogP contribution in [0.3, 0.4) is 0 Å². The maximum absolute atomic E-state index is 12.6. The lowest BCUT2D eigenvalue weighted by molar-refractivity contribution is 0.0898. The lowest BCUT2D eigenvalue weighted by atomic mass is 9.90. The van der Waals surface area contributed by atoms with Crippen molar-refractivity contribution in [3.05, 3.63) is 29.8 Å². The number of nitrogens with one attached hydrogen (secondary N) is 2. The topological polar surface area (TPSA) is 101 Å². The number of hydrogen-bond donors (Lipinski definition) is 3. The molecule has 7 heteroatoms. The van der Waals surface area contributed by atoms with Gasteiger partial charge in [-0.1, -0.05) is 32.8 Å². The van der Waals surface area contributed by atoms with Crippen molar-refractivity contribution in [2.45, 2.75) is 69.4 Å². The van der Waals surface area contributed by atoms with E-state index >= 15 is 0 Å². The van der Waals surface area contributed by atoms with Crippen LogP contribution < -0.4 is 15.8 Å². The van der Waals surface area contributed by atoms with Gasteiger partial charge in [-0.05, 0) is 50.3 Å². The lowest BCUT2D eigenvalue weighted by Crippen LogP contribution is -2.52. The number of hydrogen-bond acceptors (Lipinski definition) is 4. The molecule has 1 aromatic carbocycles. The predicted molar refractivity (Wildman–Crippen MR) is 103 cm³/mol. The Labute approximate surface area is 157 Å². The average molecular weight is 382 g/mol. The van der Waals surface area contributed by atoms with Crippen LogP contribution in [0, 0.1) is 5.92 Å². The number of carbonyl (C=O) groups is 1. The van der Waals surface area contributed by atoms with Crippen LogP contribution in [-0.2, 0) is 10.0 Å². The minimum Gasteiger partial charge on any atom is -0.346 e. The molecule has 0 aromatic heterocycles. The lowest BCUT2D eigenvalue weighted by Gasteiger charge is -2.31. The molecular formula is C19H31N3O3S. The summed E-state index contributed by atoms with van der Waals surface area (Å²) in [6.07, 6.45) is 4.57. The quantitative estimate of drug-likeness (QED) is 0.643. The molecule has 0 saturated heterocycles. The van der Waals surface area contributed by atoms with E-state index in [1.807, 2.05) is 6.92 Å². The van der Waals surface area contributed by atoms with Crippen LogP contribution in [0.5, 0.6) is 0 Å². The summed E-state index contributed by atoms with van der Waals surface area (Å²) in [6.45, 7) is 6.37. The number of rotatable bonds is 8. The van der Waals surface area contributed by atoms with E-state index in [0.29, 0.717) is 18.0 Å². The smallest absolute Gasteiger partial charge is 0.251 e. The molecule has 0 heterocycles. The average Bonchev–Trinajstić information content (AvgIpc) is 3.06. The predicted octanol–water partition coefficient (Wildman–Crippen LogP) is 2.40. The molecule has 4 N–H and O–H groups in total. The molecule has 26 heavy (non-hydrogen) atoms. The second-order valence-electron chi connectivity index (χ2n) is 7.95. The zero-order chi connectivity index (χ0) is 19.4. The van der Waals surface area contributed by atoms with Crippen molar-refractivity contribution >= 4 is 15.9 Å². The van der Waals surface area contributed by atoms with Gasteiger partial charge in [-0.25, -0.2) is 13.1 Å². The fourth-order valence-corrected chi connectivity index (χ4v) is 4.92. The third-order valence-electron chi connectivity index (χ3n) is 4.81. The van der Waals surface area contributed by atoms with Gasteiger partial charge in [0, 0.05) is 23.7 Å². The first kappa shape index (κ1) is 20.9. The van der Waals surface area contributed by atoms with Crippen LogP contribution in [0.2, 0.25) is 0 Å². The number of benzene rings is 1. The maximum Gasteiger partial charge on any atom is 0.251 e. The van der Waals surface area contributed by atoms with Gasteiger partial charge in [0.25, 0.3) is 5.91 Å². The Balaban J connectivity index is 2.15. The highest BCUT2D eigenvalue weighted by molar-refractivity contribution is 7.89. The van der Waals surface area contributed by atoms with E-state index < -0.39 is 15.6 Å². The summed E-state index contributed by atoms with van der Waals surface area (Å²) in [5, 5.41) is 2.96. The van der Waals surface area contributed by atoms with Crippen molar-refractivity contribution in [1.29, 1.82) is 0 Å². The SMILES string of the molecule is CC(C)CC(C)(CN)NC(=O)c1cccc(S(=O)(=O)NC2CCCC2)c1. The van der Waals surface area contributed by atoms with Gasteiger partial charge in [-0.3, -0.25) is 4.79 Å². The first-order valence-corrected chi connectivity index (χ1v) is 10.8. The van der Waals surface area contributed by atoms with E-state index in [1.54, 1.807) is 12.1 Å². The Kier molecular flexibility index (Phi) is 6.82. The number of carbonyl (C=O) groups excluding carboxylic acids is 1. The highest BCUT2D eigenvalue weighted by Gasteiger charge is 2.27. The van der Waals surface area contributed by atoms with E-state index in [9.17, 15) is 13.2 Å². The first-order chi connectivity index (χ1) is 12.1. The van der Waals surface area contributed by atoms with Crippen molar-refractivity contribution in [2.75, 3.05) is 6.54 Å². The number of nitrogens with two attached hydrogens (primary N) is 1. The summed E-state index contributed by atoms with van der Waals surface area (Å²) >= 11 is 0. The molecular weight excluding hydrogens is 350 g/mol. The summed E-state index contributed by atoms with van der Waals surface area (Å²) in [5.74, 6) is 0.0719. The van der Waals surface area contributed by atoms with Crippen LogP contribution in [0.4, 0.5) is 0 Å². The van der Waals surface area contributed by atoms with Crippen molar-refractivity contribution in [3.63, 3.8) is 0 Å². The number of sulfonamides is 1. The molecule has 2 rings (SSSR count). The van der Waals surface area contributed by atoms with Crippen LogP contribution in [-0.4, -0.2) is 32.5 Å². The molecule has 1 aliphatic carbocycles. The molecule has 0 aliphatic heterocycles. The Morgan fingerprint density at radius 2 is 1.96 bits per heavy atom. The van der Waals surface area contributed by atoms with Gasteiger partial charge in [0.15, 0.2) is 0 Å². The second kappa shape index (κ2) is 8.50. The molecule has 6 nitrogen and oxygen atoms in total. The molecule has 146 valence electrons. The standard InChI is InChI=1S/C19H31N3O3S/c1-14(2)12-19(3,13-20)21-18(23)15-7-6-10-17(11-15)26(24,25)22-16-8-4-5-9-16/h6-7,10-11,14,16,22H,4-5,8-9,12-13,20H2,1-3H3,(H,21,23). The fourth-order valence-electron chi connectivity index (χ4n) is 3.57. The highest BCUT2D eigenvalue weighted by Crippen LogP contribution is 2.21. The van der Waals surface area contributed by atoms with Crippen molar-refractivity contribution < 1.29 is 13.2 Å². The van der Waals surface area contributed by atoms with Crippen LogP contribution >= 0.6 is 0 Å². The van der Waals surface area contributed by atoms with E-state index in [1.165, 1.54) is 12.1 Å². The first-order valence-electron chi connectivity index (χ1n) is 9.30. The van der Waals surface area contributed by atoms with Crippen molar-refractivity contribution in [3.8, 4) is 0 Å². The van der Waals surface area contributed by atoms with Gasteiger partial charge in [0.1, 0.15) is 0 Å². The minimum absolute atomic E-state index is 0.0101. The van der Waals surface area contributed by atoms with Crippen LogP contribution in [0.25, 0.3) is 0 Å². The molecule has 0 radical (unpaired) electrons. The van der Waals surface area contributed by atoms with E-state index in [4.69, 9.17) is 5.73 Å². The van der Waals surface area contributed by atoms with Crippen LogP contribution in [0.15, 0.2) is 29.2 Å². The second-order valence-corrected chi connectivity index (χ2v) is 9.66. The zero-order valence-corrected chi connectivity index (χ0v) is 16.7. The van der Waals surface area contributed by atoms with Gasteiger partial charge in [0.2, 0.25) is 10.0 Å². The normalized spacial score (nSPS) is 18.0. The summed E-state index contributed by atoms with van der Waals surface area (Å²) in [6, 6.07) is 6.16. The minimum atomic E-state index is -3.62. The molecule has 1 amide bonds. The van der Waals surface area contributed by atoms with Crippen molar-refractivity contribution in [2.24, 2.45) is 11.7 Å². The third kappa shape index (κ3) is 5.53. The van der Waals surface area contributed by atoms with Gasteiger partial charge in [0.05, 0.1) is 4.90 Å². The molecule has 0 bridgehead atoms. The molecule has 1 aliphatic rings. The van der Waals surface area contributed by atoms with E-state index in [0.717, 1.165) is 32.1 Å². The Bertz CT molecular complexity index is 727. The summed E-state index contributed by atoms with van der Waals surface area (Å²) in [5.41, 5.74) is 5.65.